The lowest BCUT2D eigenvalue weighted by molar-refractivity contribution is -0.147. The van der Waals surface area contributed by atoms with Gasteiger partial charge >= 0.3 is 5.97 Å². The lowest BCUT2D eigenvalue weighted by atomic mass is 10.1. The van der Waals surface area contributed by atoms with Gasteiger partial charge in [-0.1, -0.05) is 26.0 Å². The number of carbonyl (C=O) groups is 1. The minimum atomic E-state index is -0.944. The van der Waals surface area contributed by atoms with E-state index in [2.05, 4.69) is 15.9 Å². The fraction of sp³-hybridized carbons (Fsp3) is 0.364. The Labute approximate surface area is 97.2 Å². The SMILES string of the molecule is CC(C)C(Oc1ccccc1Br)C(=O)O. The van der Waals surface area contributed by atoms with E-state index >= 15 is 0 Å². The maximum absolute atomic E-state index is 10.9. The van der Waals surface area contributed by atoms with E-state index in [4.69, 9.17) is 9.84 Å². The van der Waals surface area contributed by atoms with Gasteiger partial charge in [-0.25, -0.2) is 4.79 Å². The Morgan fingerprint density at radius 3 is 2.47 bits per heavy atom. The molecule has 1 N–H and O–H groups in total. The van der Waals surface area contributed by atoms with Crippen LogP contribution >= 0.6 is 15.9 Å². The second-order valence-electron chi connectivity index (χ2n) is 3.55. The van der Waals surface area contributed by atoms with Gasteiger partial charge in [-0.3, -0.25) is 0 Å². The third kappa shape index (κ3) is 3.23. The van der Waals surface area contributed by atoms with Crippen LogP contribution in [0, 0.1) is 5.92 Å². The van der Waals surface area contributed by atoms with Crippen molar-refractivity contribution in [2.24, 2.45) is 5.92 Å². The first-order chi connectivity index (χ1) is 7.02. The Balaban J connectivity index is 2.84. The summed E-state index contributed by atoms with van der Waals surface area (Å²) in [5.74, 6) is -0.464. The maximum atomic E-state index is 10.9. The molecule has 1 rings (SSSR count). The van der Waals surface area contributed by atoms with Crippen LogP contribution in [0.3, 0.4) is 0 Å². The molecule has 0 aliphatic carbocycles. The van der Waals surface area contributed by atoms with Gasteiger partial charge in [0.05, 0.1) is 4.47 Å². The molecule has 4 heteroatoms. The van der Waals surface area contributed by atoms with Crippen molar-refractivity contribution in [3.63, 3.8) is 0 Å². The van der Waals surface area contributed by atoms with Crippen LogP contribution in [0.2, 0.25) is 0 Å². The van der Waals surface area contributed by atoms with Crippen LogP contribution in [0.4, 0.5) is 0 Å². The van der Waals surface area contributed by atoms with Crippen molar-refractivity contribution in [2.75, 3.05) is 0 Å². The standard InChI is InChI=1S/C11H13BrO3/c1-7(2)10(11(13)14)15-9-6-4-3-5-8(9)12/h3-7,10H,1-2H3,(H,13,14). The van der Waals surface area contributed by atoms with Crippen LogP contribution in [-0.2, 0) is 4.79 Å². The first-order valence-electron chi connectivity index (χ1n) is 4.66. The molecule has 0 saturated heterocycles. The highest BCUT2D eigenvalue weighted by molar-refractivity contribution is 9.10. The van der Waals surface area contributed by atoms with Crippen LogP contribution in [0.15, 0.2) is 28.7 Å². The Bertz CT molecular complexity index is 349. The average Bonchev–Trinajstić information content (AvgIpc) is 2.15. The van der Waals surface area contributed by atoms with Crippen LogP contribution in [0.25, 0.3) is 0 Å². The molecule has 0 spiro atoms. The van der Waals surface area contributed by atoms with E-state index in [1.54, 1.807) is 12.1 Å². The molecule has 0 radical (unpaired) electrons. The summed E-state index contributed by atoms with van der Waals surface area (Å²) >= 11 is 3.31. The van der Waals surface area contributed by atoms with Gasteiger partial charge in [-0.2, -0.15) is 0 Å². The summed E-state index contributed by atoms with van der Waals surface area (Å²) in [5.41, 5.74) is 0. The zero-order valence-electron chi connectivity index (χ0n) is 8.61. The van der Waals surface area contributed by atoms with Crippen LogP contribution in [-0.4, -0.2) is 17.2 Å². The van der Waals surface area contributed by atoms with Gasteiger partial charge in [0.2, 0.25) is 0 Å². The third-order valence-electron chi connectivity index (χ3n) is 1.94. The number of aliphatic carboxylic acids is 1. The van der Waals surface area contributed by atoms with E-state index in [1.807, 2.05) is 26.0 Å². The zero-order chi connectivity index (χ0) is 11.4. The van der Waals surface area contributed by atoms with Crippen molar-refractivity contribution < 1.29 is 14.6 Å². The lowest BCUT2D eigenvalue weighted by Crippen LogP contribution is -2.32. The highest BCUT2D eigenvalue weighted by Gasteiger charge is 2.23. The zero-order valence-corrected chi connectivity index (χ0v) is 10.2. The Morgan fingerprint density at radius 1 is 1.40 bits per heavy atom. The number of carboxylic acid groups (broad SMARTS) is 1. The molecule has 0 aromatic heterocycles. The van der Waals surface area contributed by atoms with Gasteiger partial charge in [0.1, 0.15) is 5.75 Å². The minimum absolute atomic E-state index is 0.0744. The average molecular weight is 273 g/mol. The van der Waals surface area contributed by atoms with Gasteiger partial charge < -0.3 is 9.84 Å². The monoisotopic (exact) mass is 272 g/mol. The first kappa shape index (κ1) is 12.0. The molecule has 0 saturated carbocycles. The van der Waals surface area contributed by atoms with Crippen LogP contribution in [0.5, 0.6) is 5.75 Å². The molecule has 3 nitrogen and oxygen atoms in total. The Kier molecular flexibility index (Phi) is 4.15. The van der Waals surface area contributed by atoms with Crippen molar-refractivity contribution in [2.45, 2.75) is 20.0 Å². The number of halogens is 1. The van der Waals surface area contributed by atoms with Crippen molar-refractivity contribution in [3.05, 3.63) is 28.7 Å². The number of benzene rings is 1. The molecule has 0 bridgehead atoms. The molecule has 0 aliphatic rings. The number of hydrogen-bond acceptors (Lipinski definition) is 2. The van der Waals surface area contributed by atoms with E-state index < -0.39 is 12.1 Å². The van der Waals surface area contributed by atoms with E-state index in [-0.39, 0.29) is 5.92 Å². The highest BCUT2D eigenvalue weighted by Crippen LogP contribution is 2.26. The van der Waals surface area contributed by atoms with E-state index in [1.165, 1.54) is 0 Å². The third-order valence-corrected chi connectivity index (χ3v) is 2.59. The Hall–Kier alpha value is -1.03. The van der Waals surface area contributed by atoms with Crippen molar-refractivity contribution in [1.82, 2.24) is 0 Å². The molecule has 0 fully saturated rings. The second-order valence-corrected chi connectivity index (χ2v) is 4.41. The molecule has 1 unspecified atom stereocenters. The summed E-state index contributed by atoms with van der Waals surface area (Å²) in [6.07, 6.45) is -0.816. The number of carboxylic acids is 1. The molecule has 1 aromatic rings. The van der Waals surface area contributed by atoms with Crippen LogP contribution < -0.4 is 4.74 Å². The molecule has 0 heterocycles. The summed E-state index contributed by atoms with van der Waals surface area (Å²) in [4.78, 5) is 10.9. The quantitative estimate of drug-likeness (QED) is 0.917. The fourth-order valence-electron chi connectivity index (χ4n) is 1.15. The Morgan fingerprint density at radius 2 is 2.00 bits per heavy atom. The molecule has 0 aliphatic heterocycles. The predicted molar refractivity (Wildman–Crippen MR) is 61.0 cm³/mol. The molecule has 15 heavy (non-hydrogen) atoms. The number of rotatable bonds is 4. The van der Waals surface area contributed by atoms with Gasteiger partial charge in [0.25, 0.3) is 0 Å². The van der Waals surface area contributed by atoms with Gasteiger partial charge in [-0.05, 0) is 28.1 Å². The number of para-hydroxylation sites is 1. The molecule has 1 aromatic carbocycles. The van der Waals surface area contributed by atoms with Crippen molar-refractivity contribution in [1.29, 1.82) is 0 Å². The predicted octanol–water partition coefficient (Wildman–Crippen LogP) is 2.94. The molecular formula is C11H13BrO3. The molecule has 82 valence electrons. The van der Waals surface area contributed by atoms with Gasteiger partial charge in [0, 0.05) is 5.92 Å². The fourth-order valence-corrected chi connectivity index (χ4v) is 1.53. The molecule has 0 amide bonds. The second kappa shape index (κ2) is 5.16. The van der Waals surface area contributed by atoms with E-state index in [9.17, 15) is 4.79 Å². The van der Waals surface area contributed by atoms with Crippen LogP contribution in [0.1, 0.15) is 13.8 Å². The summed E-state index contributed by atoms with van der Waals surface area (Å²) in [5, 5.41) is 8.96. The summed E-state index contributed by atoms with van der Waals surface area (Å²) in [6, 6.07) is 7.21. The minimum Gasteiger partial charge on any atom is -0.478 e. The first-order valence-corrected chi connectivity index (χ1v) is 5.45. The molecular weight excluding hydrogens is 260 g/mol. The number of hydrogen-bond donors (Lipinski definition) is 1. The number of ether oxygens (including phenoxy) is 1. The topological polar surface area (TPSA) is 46.5 Å². The molecule has 1 atom stereocenters. The van der Waals surface area contributed by atoms with Gasteiger partial charge in [0.15, 0.2) is 6.10 Å². The summed E-state index contributed by atoms with van der Waals surface area (Å²) in [7, 11) is 0. The van der Waals surface area contributed by atoms with E-state index in [0.29, 0.717) is 5.75 Å². The largest absolute Gasteiger partial charge is 0.478 e. The normalized spacial score (nSPS) is 12.5. The lowest BCUT2D eigenvalue weighted by Gasteiger charge is -2.18. The highest BCUT2D eigenvalue weighted by atomic mass is 79.9. The van der Waals surface area contributed by atoms with Crippen molar-refractivity contribution >= 4 is 21.9 Å². The van der Waals surface area contributed by atoms with Crippen molar-refractivity contribution in [3.8, 4) is 5.75 Å². The smallest absolute Gasteiger partial charge is 0.345 e. The van der Waals surface area contributed by atoms with Gasteiger partial charge in [-0.15, -0.1) is 0 Å². The summed E-state index contributed by atoms with van der Waals surface area (Å²) < 4.78 is 6.18. The summed E-state index contributed by atoms with van der Waals surface area (Å²) in [6.45, 7) is 3.63. The maximum Gasteiger partial charge on any atom is 0.345 e. The van der Waals surface area contributed by atoms with E-state index in [0.717, 1.165) is 4.47 Å².